The first-order valence-electron chi connectivity index (χ1n) is 8.17. The van der Waals surface area contributed by atoms with Gasteiger partial charge in [0.05, 0.1) is 17.4 Å². The van der Waals surface area contributed by atoms with E-state index in [2.05, 4.69) is 24.9 Å². The molecule has 1 atom stereocenters. The van der Waals surface area contributed by atoms with E-state index in [0.29, 0.717) is 10.7 Å². The molecule has 0 aliphatic carbocycles. The minimum atomic E-state index is -0.0200. The highest BCUT2D eigenvalue weighted by atomic mass is 32.1. The van der Waals surface area contributed by atoms with Crippen molar-refractivity contribution in [2.75, 3.05) is 18.9 Å². The average Bonchev–Trinajstić information content (AvgIpc) is 3.22. The van der Waals surface area contributed by atoms with Gasteiger partial charge in [0.25, 0.3) is 5.91 Å². The van der Waals surface area contributed by atoms with Crippen LogP contribution in [-0.4, -0.2) is 44.0 Å². The van der Waals surface area contributed by atoms with Crippen molar-refractivity contribution in [3.05, 3.63) is 28.2 Å². The fourth-order valence-electron chi connectivity index (χ4n) is 3.06. The van der Waals surface area contributed by atoms with Crippen LogP contribution in [0.1, 0.15) is 65.5 Å². The Hall–Kier alpha value is -2.09. The number of rotatable bonds is 4. The SMILES string of the molecule is CNc1cc(C2CCCN2C(=O)c2snnc2C(C)C)nc(C)n1. The number of nitrogens with zero attached hydrogens (tertiary/aromatic N) is 5. The second-order valence-corrected chi connectivity index (χ2v) is 7.03. The minimum Gasteiger partial charge on any atom is -0.373 e. The predicted octanol–water partition coefficient (Wildman–Crippen LogP) is 2.78. The molecule has 24 heavy (non-hydrogen) atoms. The first kappa shape index (κ1) is 16.8. The van der Waals surface area contributed by atoms with Crippen molar-refractivity contribution in [2.45, 2.75) is 45.6 Å². The van der Waals surface area contributed by atoms with E-state index >= 15 is 0 Å². The molecule has 2 aromatic rings. The molecule has 1 aliphatic heterocycles. The van der Waals surface area contributed by atoms with Crippen LogP contribution in [0.3, 0.4) is 0 Å². The Labute approximate surface area is 145 Å². The molecule has 7 nitrogen and oxygen atoms in total. The highest BCUT2D eigenvalue weighted by Gasteiger charge is 2.34. The van der Waals surface area contributed by atoms with E-state index in [4.69, 9.17) is 0 Å². The van der Waals surface area contributed by atoms with Crippen LogP contribution in [0, 0.1) is 6.92 Å². The van der Waals surface area contributed by atoms with Gasteiger partial charge in [0.1, 0.15) is 16.5 Å². The summed E-state index contributed by atoms with van der Waals surface area (Å²) in [6.45, 7) is 6.66. The molecule has 1 amide bonds. The minimum absolute atomic E-state index is 0.0125. The standard InChI is InChI=1S/C16H22N6OS/c1-9(2)14-15(24-21-20-14)16(23)22-7-5-6-12(22)11-8-13(17-4)19-10(3)18-11/h8-9,12H,5-7H2,1-4H3,(H,17,18,19). The van der Waals surface area contributed by atoms with Crippen LogP contribution >= 0.6 is 11.5 Å². The fraction of sp³-hybridized carbons (Fsp3) is 0.562. The second kappa shape index (κ2) is 6.80. The van der Waals surface area contributed by atoms with Crippen molar-refractivity contribution in [1.82, 2.24) is 24.5 Å². The zero-order chi connectivity index (χ0) is 17.3. The molecule has 0 bridgehead atoms. The lowest BCUT2D eigenvalue weighted by Gasteiger charge is -2.24. The maximum Gasteiger partial charge on any atom is 0.268 e. The topological polar surface area (TPSA) is 83.9 Å². The lowest BCUT2D eigenvalue weighted by Crippen LogP contribution is -2.31. The van der Waals surface area contributed by atoms with Crippen LogP contribution in [0.4, 0.5) is 5.82 Å². The number of nitrogens with one attached hydrogen (secondary N) is 1. The molecule has 1 fully saturated rings. The summed E-state index contributed by atoms with van der Waals surface area (Å²) in [6.07, 6.45) is 1.88. The number of aromatic nitrogens is 4. The molecule has 3 rings (SSSR count). The summed E-state index contributed by atoms with van der Waals surface area (Å²) < 4.78 is 3.98. The van der Waals surface area contributed by atoms with Gasteiger partial charge in [-0.3, -0.25) is 4.79 Å². The molecule has 1 aliphatic rings. The molecule has 0 radical (unpaired) electrons. The summed E-state index contributed by atoms with van der Waals surface area (Å²) in [7, 11) is 1.83. The quantitative estimate of drug-likeness (QED) is 0.916. The normalized spacial score (nSPS) is 17.5. The zero-order valence-electron chi connectivity index (χ0n) is 14.4. The van der Waals surface area contributed by atoms with E-state index in [1.54, 1.807) is 0 Å². The first-order valence-corrected chi connectivity index (χ1v) is 8.95. The van der Waals surface area contributed by atoms with Crippen LogP contribution in [0.15, 0.2) is 6.07 Å². The third-order valence-corrected chi connectivity index (χ3v) is 4.95. The first-order chi connectivity index (χ1) is 11.5. The van der Waals surface area contributed by atoms with Crippen LogP contribution in [0.5, 0.6) is 0 Å². The van der Waals surface area contributed by atoms with Crippen LogP contribution in [0.25, 0.3) is 0 Å². The number of hydrogen-bond donors (Lipinski definition) is 1. The Morgan fingerprint density at radius 3 is 2.92 bits per heavy atom. The van der Waals surface area contributed by atoms with Crippen molar-refractivity contribution in [2.24, 2.45) is 0 Å². The van der Waals surface area contributed by atoms with Crippen molar-refractivity contribution in [3.8, 4) is 0 Å². The van der Waals surface area contributed by atoms with Gasteiger partial charge in [-0.15, -0.1) is 5.10 Å². The Kier molecular flexibility index (Phi) is 4.75. The number of anilines is 1. The Morgan fingerprint density at radius 2 is 2.21 bits per heavy atom. The van der Waals surface area contributed by atoms with Gasteiger partial charge in [-0.25, -0.2) is 9.97 Å². The van der Waals surface area contributed by atoms with Crippen molar-refractivity contribution >= 4 is 23.3 Å². The smallest absolute Gasteiger partial charge is 0.268 e. The lowest BCUT2D eigenvalue weighted by atomic mass is 10.1. The molecule has 0 spiro atoms. The number of likely N-dealkylation sites (tertiary alicyclic amines) is 1. The van der Waals surface area contributed by atoms with Gasteiger partial charge in [-0.2, -0.15) is 0 Å². The van der Waals surface area contributed by atoms with Gasteiger partial charge in [-0.1, -0.05) is 18.3 Å². The summed E-state index contributed by atoms with van der Waals surface area (Å²) in [5.41, 5.74) is 1.67. The van der Waals surface area contributed by atoms with Gasteiger partial charge >= 0.3 is 0 Å². The molecule has 1 saturated heterocycles. The highest BCUT2D eigenvalue weighted by Crippen LogP contribution is 2.34. The monoisotopic (exact) mass is 346 g/mol. The van der Waals surface area contributed by atoms with Crippen LogP contribution in [0.2, 0.25) is 0 Å². The van der Waals surface area contributed by atoms with Crippen molar-refractivity contribution in [1.29, 1.82) is 0 Å². The Morgan fingerprint density at radius 1 is 1.42 bits per heavy atom. The molecule has 128 valence electrons. The number of hydrogen-bond acceptors (Lipinski definition) is 7. The molecule has 1 N–H and O–H groups in total. The fourth-order valence-corrected chi connectivity index (χ4v) is 3.84. The van der Waals surface area contributed by atoms with Gasteiger partial charge in [0.2, 0.25) is 0 Å². The summed E-state index contributed by atoms with van der Waals surface area (Å²) in [5, 5.41) is 7.19. The van der Waals surface area contributed by atoms with Gasteiger partial charge < -0.3 is 10.2 Å². The summed E-state index contributed by atoms with van der Waals surface area (Å²) in [4.78, 5) is 24.5. The van der Waals surface area contributed by atoms with Crippen LogP contribution in [-0.2, 0) is 0 Å². The summed E-state index contributed by atoms with van der Waals surface area (Å²) in [6, 6.07) is 1.91. The summed E-state index contributed by atoms with van der Waals surface area (Å²) >= 11 is 1.18. The maximum absolute atomic E-state index is 13.1. The van der Waals surface area contributed by atoms with Gasteiger partial charge in [0, 0.05) is 19.7 Å². The molecular formula is C16H22N6OS. The van der Waals surface area contributed by atoms with E-state index in [-0.39, 0.29) is 17.9 Å². The maximum atomic E-state index is 13.1. The average molecular weight is 346 g/mol. The third-order valence-electron chi connectivity index (χ3n) is 4.22. The summed E-state index contributed by atoms with van der Waals surface area (Å²) in [5.74, 6) is 1.68. The molecule has 1 unspecified atom stereocenters. The number of carbonyl (C=O) groups excluding carboxylic acids is 1. The van der Waals surface area contributed by atoms with E-state index in [9.17, 15) is 4.79 Å². The van der Waals surface area contributed by atoms with Crippen LogP contribution < -0.4 is 5.32 Å². The second-order valence-electron chi connectivity index (χ2n) is 6.27. The van der Waals surface area contributed by atoms with Crippen molar-refractivity contribution < 1.29 is 4.79 Å². The third kappa shape index (κ3) is 3.10. The Balaban J connectivity index is 1.92. The van der Waals surface area contributed by atoms with Crippen molar-refractivity contribution in [3.63, 3.8) is 0 Å². The number of carbonyl (C=O) groups is 1. The molecular weight excluding hydrogens is 324 g/mol. The van der Waals surface area contributed by atoms with E-state index in [0.717, 1.165) is 36.6 Å². The zero-order valence-corrected chi connectivity index (χ0v) is 15.2. The largest absolute Gasteiger partial charge is 0.373 e. The molecule has 8 heteroatoms. The van der Waals surface area contributed by atoms with E-state index in [1.165, 1.54) is 11.5 Å². The number of amides is 1. The predicted molar refractivity (Wildman–Crippen MR) is 93.3 cm³/mol. The molecule has 0 aromatic carbocycles. The molecule has 3 heterocycles. The number of aryl methyl sites for hydroxylation is 1. The lowest BCUT2D eigenvalue weighted by molar-refractivity contribution is 0.0736. The highest BCUT2D eigenvalue weighted by molar-refractivity contribution is 7.08. The van der Waals surface area contributed by atoms with Gasteiger partial charge in [0.15, 0.2) is 0 Å². The van der Waals surface area contributed by atoms with Gasteiger partial charge in [-0.05, 0) is 37.2 Å². The molecule has 0 saturated carbocycles. The van der Waals surface area contributed by atoms with E-state index < -0.39 is 0 Å². The molecule has 2 aromatic heterocycles. The Bertz CT molecular complexity index is 744. The van der Waals surface area contributed by atoms with E-state index in [1.807, 2.05) is 38.8 Å².